The third-order valence-corrected chi connectivity index (χ3v) is 5.49. The van der Waals surface area contributed by atoms with E-state index < -0.39 is 11.7 Å². The third kappa shape index (κ3) is 6.61. The molecule has 1 heterocycles. The fourth-order valence-corrected chi connectivity index (χ4v) is 4.02. The Morgan fingerprint density at radius 3 is 2.18 bits per heavy atom. The Morgan fingerprint density at radius 2 is 1.62 bits per heavy atom. The lowest BCUT2D eigenvalue weighted by molar-refractivity contribution is -0.137. The van der Waals surface area contributed by atoms with Crippen LogP contribution in [-0.4, -0.2) is 9.97 Å². The fraction of sp³-hybridized carbons (Fsp3) is 0.481. The largest absolute Gasteiger partial charge is 0.416 e. The van der Waals surface area contributed by atoms with E-state index in [1.807, 2.05) is 20.8 Å². The third-order valence-electron chi connectivity index (χ3n) is 5.49. The minimum absolute atomic E-state index is 0.0755. The van der Waals surface area contributed by atoms with Crippen molar-refractivity contribution >= 4 is 22.4 Å². The molecule has 0 radical (unpaired) electrons. The molecule has 0 aliphatic rings. The molecule has 0 unspecified atom stereocenters. The van der Waals surface area contributed by atoms with Crippen molar-refractivity contribution < 1.29 is 13.2 Å². The van der Waals surface area contributed by atoms with E-state index in [0.29, 0.717) is 17.2 Å². The smallest absolute Gasteiger partial charge is 0.399 e. The van der Waals surface area contributed by atoms with Gasteiger partial charge in [-0.15, -0.1) is 0 Å². The zero-order valence-electron chi connectivity index (χ0n) is 21.5. The number of alkyl halides is 3. The van der Waals surface area contributed by atoms with Gasteiger partial charge in [-0.25, -0.2) is 9.97 Å². The van der Waals surface area contributed by atoms with Crippen molar-refractivity contribution in [1.29, 1.82) is 0 Å². The number of nitrogens with zero attached hydrogens (tertiary/aromatic N) is 2. The van der Waals surface area contributed by atoms with E-state index in [4.69, 9.17) is 10.7 Å². The molecule has 4 nitrogen and oxygen atoms in total. The number of aryl methyl sites for hydroxylation is 2. The Morgan fingerprint density at radius 1 is 0.971 bits per heavy atom. The number of rotatable bonds is 5. The lowest BCUT2D eigenvalue weighted by atomic mass is 9.83. The summed E-state index contributed by atoms with van der Waals surface area (Å²) in [6.07, 6.45) is -2.71. The van der Waals surface area contributed by atoms with Crippen molar-refractivity contribution in [2.75, 3.05) is 11.1 Å². The molecule has 0 aliphatic heterocycles. The standard InChI is InChI=1S/C25H31F3N4.C2H6/c1-7-17-10-20-22(21(14(17)2)12-24(4,5)6)31-15(3)32-23(20)30-13-16-8-18(25(26,27)28)11-19(29)9-16;1-2/h8-11H,7,12-13,29H2,1-6H3,(H,30,31,32);1-2H3. The van der Waals surface area contributed by atoms with E-state index >= 15 is 0 Å². The number of nitrogens with two attached hydrogens (primary N) is 1. The molecular formula is C27H37F3N4. The lowest BCUT2D eigenvalue weighted by Crippen LogP contribution is -2.13. The molecule has 3 rings (SSSR count). The van der Waals surface area contributed by atoms with Crippen LogP contribution in [0.5, 0.6) is 0 Å². The van der Waals surface area contributed by atoms with Crippen LogP contribution in [0.25, 0.3) is 10.9 Å². The number of anilines is 2. The van der Waals surface area contributed by atoms with E-state index in [1.165, 1.54) is 16.7 Å². The molecule has 34 heavy (non-hydrogen) atoms. The number of hydrogen-bond acceptors (Lipinski definition) is 4. The van der Waals surface area contributed by atoms with Gasteiger partial charge in [-0.2, -0.15) is 13.2 Å². The molecule has 0 amide bonds. The van der Waals surface area contributed by atoms with Gasteiger partial charge in [0.25, 0.3) is 0 Å². The minimum atomic E-state index is -4.45. The normalized spacial score (nSPS) is 11.9. The second kappa shape index (κ2) is 10.6. The van der Waals surface area contributed by atoms with Crippen LogP contribution in [0.15, 0.2) is 24.3 Å². The van der Waals surface area contributed by atoms with Crippen LogP contribution in [0.3, 0.4) is 0 Å². The molecule has 7 heteroatoms. The number of nitrogen functional groups attached to an aromatic ring is 1. The molecule has 0 saturated carbocycles. The Labute approximate surface area is 201 Å². The molecule has 3 N–H and O–H groups in total. The average molecular weight is 475 g/mol. The number of benzene rings is 2. The SMILES string of the molecule is CC.CCc1cc2c(NCc3cc(N)cc(C(F)(F)F)c3)nc(C)nc2c(CC(C)(C)C)c1C. The van der Waals surface area contributed by atoms with Crippen molar-refractivity contribution in [3.63, 3.8) is 0 Å². The second-order valence-electron chi connectivity index (χ2n) is 9.56. The Kier molecular flexibility index (Phi) is 8.56. The van der Waals surface area contributed by atoms with Gasteiger partial charge in [0, 0.05) is 17.6 Å². The first kappa shape index (κ1) is 27.4. The summed E-state index contributed by atoms with van der Waals surface area (Å²) in [6.45, 7) is 16.8. The topological polar surface area (TPSA) is 63.8 Å². The van der Waals surface area contributed by atoms with Gasteiger partial charge >= 0.3 is 6.18 Å². The van der Waals surface area contributed by atoms with Crippen molar-refractivity contribution in [2.45, 2.75) is 81.0 Å². The van der Waals surface area contributed by atoms with Gasteiger partial charge in [-0.3, -0.25) is 0 Å². The number of halogens is 3. The molecule has 0 bridgehead atoms. The van der Waals surface area contributed by atoms with E-state index in [0.717, 1.165) is 35.9 Å². The highest BCUT2D eigenvalue weighted by molar-refractivity contribution is 5.93. The molecule has 0 fully saturated rings. The van der Waals surface area contributed by atoms with Crippen LogP contribution in [-0.2, 0) is 25.6 Å². The molecule has 2 aromatic carbocycles. The highest BCUT2D eigenvalue weighted by Crippen LogP contribution is 2.34. The van der Waals surface area contributed by atoms with Gasteiger partial charge in [0.05, 0.1) is 11.1 Å². The summed E-state index contributed by atoms with van der Waals surface area (Å²) in [7, 11) is 0. The highest BCUT2D eigenvalue weighted by atomic mass is 19.4. The average Bonchev–Trinajstić information content (AvgIpc) is 2.74. The zero-order chi connectivity index (χ0) is 25.8. The maximum atomic E-state index is 13.2. The Bertz CT molecular complexity index is 1150. The second-order valence-corrected chi connectivity index (χ2v) is 9.56. The maximum Gasteiger partial charge on any atom is 0.416 e. The molecule has 186 valence electrons. The van der Waals surface area contributed by atoms with Gasteiger partial charge in [-0.05, 0) is 78.6 Å². The molecule has 0 saturated heterocycles. The summed E-state index contributed by atoms with van der Waals surface area (Å²) in [5.74, 6) is 1.23. The van der Waals surface area contributed by atoms with Gasteiger partial charge in [0.2, 0.25) is 0 Å². The van der Waals surface area contributed by atoms with E-state index in [-0.39, 0.29) is 17.6 Å². The molecule has 3 aromatic rings. The summed E-state index contributed by atoms with van der Waals surface area (Å²) >= 11 is 0. The molecular weight excluding hydrogens is 437 g/mol. The summed E-state index contributed by atoms with van der Waals surface area (Å²) in [5.41, 5.74) is 10.1. The molecule has 0 atom stereocenters. The van der Waals surface area contributed by atoms with Gasteiger partial charge in [-0.1, -0.05) is 41.5 Å². The van der Waals surface area contributed by atoms with Gasteiger partial charge in [0.1, 0.15) is 11.6 Å². The monoisotopic (exact) mass is 474 g/mol. The van der Waals surface area contributed by atoms with E-state index in [1.54, 1.807) is 6.07 Å². The first-order chi connectivity index (χ1) is 15.8. The van der Waals surface area contributed by atoms with Crippen molar-refractivity contribution in [3.8, 4) is 0 Å². The Balaban J connectivity index is 0.00000199. The molecule has 1 aromatic heterocycles. The van der Waals surface area contributed by atoms with Crippen molar-refractivity contribution in [2.24, 2.45) is 5.41 Å². The van der Waals surface area contributed by atoms with Crippen LogP contribution in [0.1, 0.15) is 75.2 Å². The molecule has 0 aliphatic carbocycles. The number of nitrogens with one attached hydrogen (secondary N) is 1. The maximum absolute atomic E-state index is 13.2. The first-order valence-corrected chi connectivity index (χ1v) is 11.8. The fourth-order valence-electron chi connectivity index (χ4n) is 4.02. The predicted molar refractivity (Wildman–Crippen MR) is 136 cm³/mol. The highest BCUT2D eigenvalue weighted by Gasteiger charge is 2.31. The van der Waals surface area contributed by atoms with Gasteiger partial charge in [0.15, 0.2) is 0 Å². The minimum Gasteiger partial charge on any atom is -0.399 e. The van der Waals surface area contributed by atoms with Crippen LogP contribution >= 0.6 is 0 Å². The number of aromatic nitrogens is 2. The van der Waals surface area contributed by atoms with E-state index in [2.05, 4.69) is 51.0 Å². The molecule has 0 spiro atoms. The van der Waals surface area contributed by atoms with E-state index in [9.17, 15) is 13.2 Å². The number of fused-ring (bicyclic) bond motifs is 1. The first-order valence-electron chi connectivity index (χ1n) is 11.8. The van der Waals surface area contributed by atoms with Crippen molar-refractivity contribution in [3.05, 3.63) is 57.9 Å². The van der Waals surface area contributed by atoms with Crippen LogP contribution in [0, 0.1) is 19.3 Å². The predicted octanol–water partition coefficient (Wildman–Crippen LogP) is 7.64. The summed E-state index contributed by atoms with van der Waals surface area (Å²) in [6, 6.07) is 5.71. The summed E-state index contributed by atoms with van der Waals surface area (Å²) < 4.78 is 39.5. The quantitative estimate of drug-likeness (QED) is 0.373. The van der Waals surface area contributed by atoms with Crippen LogP contribution < -0.4 is 11.1 Å². The number of hydrogen-bond donors (Lipinski definition) is 2. The summed E-state index contributed by atoms with van der Waals surface area (Å²) in [5, 5.41) is 4.12. The Hall–Kier alpha value is -2.83. The van der Waals surface area contributed by atoms with Crippen LogP contribution in [0.2, 0.25) is 0 Å². The van der Waals surface area contributed by atoms with Gasteiger partial charge < -0.3 is 11.1 Å². The van der Waals surface area contributed by atoms with Crippen molar-refractivity contribution in [1.82, 2.24) is 9.97 Å². The summed E-state index contributed by atoms with van der Waals surface area (Å²) in [4.78, 5) is 9.33. The zero-order valence-corrected chi connectivity index (χ0v) is 21.5. The lowest BCUT2D eigenvalue weighted by Gasteiger charge is -2.23. The van der Waals surface area contributed by atoms with Crippen LogP contribution in [0.4, 0.5) is 24.7 Å².